The molecule has 110 valence electrons. The summed E-state index contributed by atoms with van der Waals surface area (Å²) in [5.41, 5.74) is 0.0982. The third-order valence-electron chi connectivity index (χ3n) is 2.98. The molecule has 0 aliphatic carbocycles. The van der Waals surface area contributed by atoms with E-state index in [2.05, 4.69) is 15.9 Å². The fourth-order valence-electron chi connectivity index (χ4n) is 1.89. The normalized spacial score (nSPS) is 11.5. The van der Waals surface area contributed by atoms with Crippen molar-refractivity contribution in [2.75, 3.05) is 0 Å². The predicted octanol–water partition coefficient (Wildman–Crippen LogP) is 5.66. The van der Waals surface area contributed by atoms with Crippen molar-refractivity contribution >= 4 is 33.3 Å². The van der Waals surface area contributed by atoms with Crippen LogP contribution in [0.25, 0.3) is 0 Å². The summed E-state index contributed by atoms with van der Waals surface area (Å²) in [6, 6.07) is 7.71. The minimum atomic E-state index is -4.42. The molecule has 0 aliphatic heterocycles. The molecule has 0 aliphatic rings. The van der Waals surface area contributed by atoms with Crippen LogP contribution in [-0.2, 0) is 6.18 Å². The van der Waals surface area contributed by atoms with Gasteiger partial charge in [0.1, 0.15) is 0 Å². The van der Waals surface area contributed by atoms with Crippen LogP contribution >= 0.6 is 27.5 Å². The molecule has 0 heterocycles. The van der Waals surface area contributed by atoms with E-state index in [-0.39, 0.29) is 16.9 Å². The number of benzene rings is 2. The van der Waals surface area contributed by atoms with E-state index in [1.165, 1.54) is 19.1 Å². The van der Waals surface area contributed by atoms with Crippen LogP contribution in [0.1, 0.15) is 27.0 Å². The Morgan fingerprint density at radius 2 is 1.81 bits per heavy atom. The fraction of sp³-hybridized carbons (Fsp3) is 0.133. The third kappa shape index (κ3) is 3.47. The van der Waals surface area contributed by atoms with Crippen LogP contribution in [0.4, 0.5) is 13.2 Å². The Morgan fingerprint density at radius 3 is 2.33 bits per heavy atom. The highest BCUT2D eigenvalue weighted by molar-refractivity contribution is 9.10. The van der Waals surface area contributed by atoms with Gasteiger partial charge in [-0.15, -0.1) is 0 Å². The molecule has 21 heavy (non-hydrogen) atoms. The van der Waals surface area contributed by atoms with Crippen molar-refractivity contribution in [3.63, 3.8) is 0 Å². The summed E-state index contributed by atoms with van der Waals surface area (Å²) in [6.45, 7) is 1.48. The van der Waals surface area contributed by atoms with Crippen LogP contribution in [0, 0.1) is 6.92 Å². The van der Waals surface area contributed by atoms with E-state index in [0.717, 1.165) is 12.1 Å². The first kappa shape index (κ1) is 16.0. The average molecular weight is 378 g/mol. The molecule has 0 spiro atoms. The van der Waals surface area contributed by atoms with Crippen LogP contribution in [0.15, 0.2) is 40.9 Å². The number of halogens is 5. The Hall–Kier alpha value is -1.33. The molecule has 0 radical (unpaired) electrons. The van der Waals surface area contributed by atoms with Gasteiger partial charge >= 0.3 is 6.18 Å². The molecule has 0 saturated carbocycles. The van der Waals surface area contributed by atoms with Gasteiger partial charge < -0.3 is 0 Å². The molecule has 0 atom stereocenters. The number of carbonyl (C=O) groups excluding carboxylic acids is 1. The van der Waals surface area contributed by atoms with Gasteiger partial charge in [-0.05, 0) is 58.7 Å². The topological polar surface area (TPSA) is 17.1 Å². The number of rotatable bonds is 2. The average Bonchev–Trinajstić information content (AvgIpc) is 2.40. The summed E-state index contributed by atoms with van der Waals surface area (Å²) in [5, 5.41) is 0.454. The van der Waals surface area contributed by atoms with Crippen molar-refractivity contribution in [1.82, 2.24) is 0 Å². The number of hydrogen-bond donors (Lipinski definition) is 0. The zero-order valence-electron chi connectivity index (χ0n) is 10.8. The second-order valence-electron chi connectivity index (χ2n) is 4.49. The van der Waals surface area contributed by atoms with Crippen molar-refractivity contribution in [3.05, 3.63) is 68.1 Å². The number of alkyl halides is 3. The van der Waals surface area contributed by atoms with Gasteiger partial charge in [-0.1, -0.05) is 17.7 Å². The lowest BCUT2D eigenvalue weighted by atomic mass is 9.97. The number of ketones is 1. The Kier molecular flexibility index (Phi) is 4.44. The van der Waals surface area contributed by atoms with E-state index in [1.54, 1.807) is 12.1 Å². The highest BCUT2D eigenvalue weighted by atomic mass is 79.9. The van der Waals surface area contributed by atoms with E-state index in [4.69, 9.17) is 11.6 Å². The molecule has 2 rings (SSSR count). The van der Waals surface area contributed by atoms with Gasteiger partial charge in [-0.3, -0.25) is 4.79 Å². The van der Waals surface area contributed by atoms with Gasteiger partial charge in [0.05, 0.1) is 10.6 Å². The summed E-state index contributed by atoms with van der Waals surface area (Å²) in [7, 11) is 0. The zero-order chi connectivity index (χ0) is 15.8. The van der Waals surface area contributed by atoms with Crippen molar-refractivity contribution in [2.24, 2.45) is 0 Å². The van der Waals surface area contributed by atoms with E-state index in [1.807, 2.05) is 0 Å². The second-order valence-corrected chi connectivity index (χ2v) is 5.75. The number of hydrogen-bond acceptors (Lipinski definition) is 1. The van der Waals surface area contributed by atoms with E-state index < -0.39 is 11.7 Å². The minimum absolute atomic E-state index is 0.234. The molecule has 2 aromatic rings. The first-order valence-corrected chi connectivity index (χ1v) is 7.05. The minimum Gasteiger partial charge on any atom is -0.289 e. The maximum Gasteiger partial charge on any atom is 0.416 e. The summed E-state index contributed by atoms with van der Waals surface area (Å²) in [5.74, 6) is -0.349. The lowest BCUT2D eigenvalue weighted by Crippen LogP contribution is -2.09. The van der Waals surface area contributed by atoms with E-state index >= 15 is 0 Å². The lowest BCUT2D eigenvalue weighted by Gasteiger charge is -2.11. The summed E-state index contributed by atoms with van der Waals surface area (Å²) in [6.07, 6.45) is -4.42. The Morgan fingerprint density at radius 1 is 1.14 bits per heavy atom. The smallest absolute Gasteiger partial charge is 0.289 e. The standard InChI is InChI=1S/C15H9BrClF3O/c1-8-6-10(15(18,19)20)3-4-11(8)14(21)9-2-5-13(17)12(16)7-9/h2-7H,1H3. The van der Waals surface area contributed by atoms with Crippen molar-refractivity contribution in [1.29, 1.82) is 0 Å². The van der Waals surface area contributed by atoms with Crippen molar-refractivity contribution in [3.8, 4) is 0 Å². The third-order valence-corrected chi connectivity index (χ3v) is 4.19. The second kappa shape index (κ2) is 5.81. The highest BCUT2D eigenvalue weighted by Gasteiger charge is 2.31. The molecule has 0 N–H and O–H groups in total. The van der Waals surface area contributed by atoms with Crippen molar-refractivity contribution < 1.29 is 18.0 Å². The van der Waals surface area contributed by atoms with Gasteiger partial charge in [0.15, 0.2) is 5.78 Å². The van der Waals surface area contributed by atoms with Gasteiger partial charge in [0.25, 0.3) is 0 Å². The Bertz CT molecular complexity index is 711. The molecule has 0 unspecified atom stereocenters. The maximum absolute atomic E-state index is 12.6. The van der Waals surface area contributed by atoms with Gasteiger partial charge in [0.2, 0.25) is 0 Å². The molecule has 0 saturated heterocycles. The lowest BCUT2D eigenvalue weighted by molar-refractivity contribution is -0.137. The first-order valence-electron chi connectivity index (χ1n) is 5.88. The summed E-state index contributed by atoms with van der Waals surface area (Å²) >= 11 is 9.06. The number of aryl methyl sites for hydroxylation is 1. The molecule has 0 aromatic heterocycles. The SMILES string of the molecule is Cc1cc(C(F)(F)F)ccc1C(=O)c1ccc(Cl)c(Br)c1. The van der Waals surface area contributed by atoms with Crippen LogP contribution in [0.3, 0.4) is 0 Å². The van der Waals surface area contributed by atoms with Crippen LogP contribution in [0.2, 0.25) is 5.02 Å². The van der Waals surface area contributed by atoms with Crippen molar-refractivity contribution in [2.45, 2.75) is 13.1 Å². The molecule has 1 nitrogen and oxygen atoms in total. The maximum atomic E-state index is 12.6. The quantitative estimate of drug-likeness (QED) is 0.617. The van der Waals surface area contributed by atoms with Crippen LogP contribution in [-0.4, -0.2) is 5.78 Å². The molecule has 0 fully saturated rings. The largest absolute Gasteiger partial charge is 0.416 e. The van der Waals surface area contributed by atoms with Gasteiger partial charge in [0, 0.05) is 15.6 Å². The van der Waals surface area contributed by atoms with Gasteiger partial charge in [-0.25, -0.2) is 0 Å². The first-order chi connectivity index (χ1) is 9.70. The Labute approximate surface area is 132 Å². The molecular weight excluding hydrogens is 369 g/mol. The summed E-state index contributed by atoms with van der Waals surface area (Å²) in [4.78, 5) is 12.3. The predicted molar refractivity (Wildman–Crippen MR) is 78.8 cm³/mol. The number of carbonyl (C=O) groups is 1. The molecule has 0 bridgehead atoms. The monoisotopic (exact) mass is 376 g/mol. The zero-order valence-corrected chi connectivity index (χ0v) is 13.1. The molecule has 6 heteroatoms. The molecule has 2 aromatic carbocycles. The van der Waals surface area contributed by atoms with E-state index in [0.29, 0.717) is 15.1 Å². The van der Waals surface area contributed by atoms with Gasteiger partial charge in [-0.2, -0.15) is 13.2 Å². The molecular formula is C15H9BrClF3O. The highest BCUT2D eigenvalue weighted by Crippen LogP contribution is 2.31. The fourth-order valence-corrected chi connectivity index (χ4v) is 2.38. The molecule has 0 amide bonds. The Balaban J connectivity index is 2.42. The van der Waals surface area contributed by atoms with Crippen LogP contribution in [0.5, 0.6) is 0 Å². The van der Waals surface area contributed by atoms with Crippen LogP contribution < -0.4 is 0 Å². The summed E-state index contributed by atoms with van der Waals surface area (Å²) < 4.78 is 38.4. The van der Waals surface area contributed by atoms with E-state index in [9.17, 15) is 18.0 Å².